The summed E-state index contributed by atoms with van der Waals surface area (Å²) in [4.78, 5) is 0. The monoisotopic (exact) mass is 303 g/mol. The molecule has 0 aliphatic heterocycles. The van der Waals surface area contributed by atoms with Crippen molar-refractivity contribution in [1.82, 2.24) is 0 Å². The van der Waals surface area contributed by atoms with E-state index in [2.05, 4.69) is 10.5 Å². The first-order valence-corrected chi connectivity index (χ1v) is 6.80. The summed E-state index contributed by atoms with van der Waals surface area (Å²) in [5.74, 6) is 0.239. The molecule has 0 heterocycles. The van der Waals surface area contributed by atoms with Crippen molar-refractivity contribution < 1.29 is 5.21 Å². The van der Waals surface area contributed by atoms with E-state index in [4.69, 9.17) is 34.1 Å². The third-order valence-corrected chi connectivity index (χ3v) is 3.67. The molecule has 0 unspecified atom stereocenters. The molecule has 1 aromatic carbocycles. The number of nitrogens with two attached hydrogens (primary N) is 1. The van der Waals surface area contributed by atoms with Crippen LogP contribution in [0.1, 0.15) is 26.7 Å². The molecule has 0 aliphatic carbocycles. The lowest BCUT2D eigenvalue weighted by Crippen LogP contribution is -2.32. The van der Waals surface area contributed by atoms with Gasteiger partial charge in [0.15, 0.2) is 0 Å². The largest absolute Gasteiger partial charge is 0.409 e. The fraction of sp³-hybridized carbons (Fsp3) is 0.462. The van der Waals surface area contributed by atoms with Gasteiger partial charge >= 0.3 is 0 Å². The Bertz CT molecular complexity index is 441. The van der Waals surface area contributed by atoms with Gasteiger partial charge in [0.1, 0.15) is 5.84 Å². The molecule has 0 amide bonds. The first-order valence-electron chi connectivity index (χ1n) is 6.04. The van der Waals surface area contributed by atoms with E-state index in [1.807, 2.05) is 13.8 Å². The first kappa shape index (κ1) is 15.9. The van der Waals surface area contributed by atoms with Crippen LogP contribution in [0.15, 0.2) is 23.4 Å². The van der Waals surface area contributed by atoms with E-state index in [0.717, 1.165) is 18.5 Å². The lowest BCUT2D eigenvalue weighted by molar-refractivity contribution is 0.305. The second-order valence-electron chi connectivity index (χ2n) is 5.00. The number of oxime groups is 1. The van der Waals surface area contributed by atoms with Gasteiger partial charge in [0.05, 0.1) is 15.7 Å². The molecule has 19 heavy (non-hydrogen) atoms. The SMILES string of the molecule is CC(C)(CCCNc1c(Cl)cccc1Cl)C(N)=NO. The highest BCUT2D eigenvalue weighted by atomic mass is 35.5. The summed E-state index contributed by atoms with van der Waals surface area (Å²) >= 11 is 12.1. The van der Waals surface area contributed by atoms with Crippen LogP contribution in [0.5, 0.6) is 0 Å². The molecule has 0 saturated heterocycles. The topological polar surface area (TPSA) is 70.6 Å². The maximum absolute atomic E-state index is 8.69. The molecule has 0 saturated carbocycles. The van der Waals surface area contributed by atoms with Crippen LogP contribution in [0.4, 0.5) is 5.69 Å². The molecule has 0 atom stereocenters. The van der Waals surface area contributed by atoms with Crippen LogP contribution < -0.4 is 11.1 Å². The van der Waals surface area contributed by atoms with E-state index in [1.165, 1.54) is 0 Å². The number of anilines is 1. The number of para-hydroxylation sites is 1. The minimum atomic E-state index is -0.333. The maximum Gasteiger partial charge on any atom is 0.144 e. The Morgan fingerprint density at radius 1 is 1.37 bits per heavy atom. The van der Waals surface area contributed by atoms with E-state index in [1.54, 1.807) is 18.2 Å². The summed E-state index contributed by atoms with van der Waals surface area (Å²) in [5.41, 5.74) is 6.04. The van der Waals surface area contributed by atoms with Crippen molar-refractivity contribution in [1.29, 1.82) is 0 Å². The molecule has 0 spiro atoms. The number of amidine groups is 1. The van der Waals surface area contributed by atoms with Gasteiger partial charge in [-0.1, -0.05) is 48.3 Å². The molecule has 6 heteroatoms. The fourth-order valence-electron chi connectivity index (χ4n) is 1.67. The second kappa shape index (κ2) is 6.87. The summed E-state index contributed by atoms with van der Waals surface area (Å²) in [5, 5.41) is 16.2. The van der Waals surface area contributed by atoms with Crippen molar-refractivity contribution >= 4 is 34.7 Å². The number of nitrogens with zero attached hydrogens (tertiary/aromatic N) is 1. The van der Waals surface area contributed by atoms with Gasteiger partial charge in [0.2, 0.25) is 0 Å². The molecule has 106 valence electrons. The Labute approximate surface area is 123 Å². The standard InChI is InChI=1S/C13H19Cl2N3O/c1-13(2,12(16)18-19)7-4-8-17-11-9(14)5-3-6-10(11)15/h3,5-6,17,19H,4,7-8H2,1-2H3,(H2,16,18). The number of nitrogens with one attached hydrogen (secondary N) is 1. The minimum Gasteiger partial charge on any atom is -0.409 e. The van der Waals surface area contributed by atoms with Gasteiger partial charge in [-0.15, -0.1) is 0 Å². The van der Waals surface area contributed by atoms with Crippen molar-refractivity contribution in [3.8, 4) is 0 Å². The van der Waals surface area contributed by atoms with Gasteiger partial charge in [-0.05, 0) is 25.0 Å². The molecule has 0 fully saturated rings. The van der Waals surface area contributed by atoms with Crippen molar-refractivity contribution in [2.75, 3.05) is 11.9 Å². The second-order valence-corrected chi connectivity index (χ2v) is 5.81. The van der Waals surface area contributed by atoms with Crippen LogP contribution in [-0.4, -0.2) is 17.6 Å². The van der Waals surface area contributed by atoms with Crippen LogP contribution in [-0.2, 0) is 0 Å². The number of hydrogen-bond donors (Lipinski definition) is 3. The lowest BCUT2D eigenvalue weighted by Gasteiger charge is -2.22. The maximum atomic E-state index is 8.69. The normalized spacial score (nSPS) is 12.5. The summed E-state index contributed by atoms with van der Waals surface area (Å²) in [7, 11) is 0. The van der Waals surface area contributed by atoms with E-state index in [0.29, 0.717) is 16.6 Å². The average Bonchev–Trinajstić information content (AvgIpc) is 2.36. The van der Waals surface area contributed by atoms with Crippen LogP contribution >= 0.6 is 23.2 Å². The summed E-state index contributed by atoms with van der Waals surface area (Å²) < 4.78 is 0. The quantitative estimate of drug-likeness (QED) is 0.245. The van der Waals surface area contributed by atoms with Gasteiger partial charge in [-0.3, -0.25) is 0 Å². The van der Waals surface area contributed by atoms with Crippen LogP contribution in [0, 0.1) is 5.41 Å². The Hall–Kier alpha value is -1.13. The Morgan fingerprint density at radius 2 is 1.95 bits per heavy atom. The number of hydrogen-bond acceptors (Lipinski definition) is 3. The number of halogens is 2. The summed E-state index contributed by atoms with van der Waals surface area (Å²) in [6, 6.07) is 5.38. The van der Waals surface area contributed by atoms with E-state index in [-0.39, 0.29) is 11.3 Å². The van der Waals surface area contributed by atoms with Crippen LogP contribution in [0.2, 0.25) is 10.0 Å². The Morgan fingerprint density at radius 3 is 2.47 bits per heavy atom. The molecule has 1 aromatic rings. The van der Waals surface area contributed by atoms with Crippen molar-refractivity contribution in [2.24, 2.45) is 16.3 Å². The predicted molar refractivity (Wildman–Crippen MR) is 81.4 cm³/mol. The molecule has 4 nitrogen and oxygen atoms in total. The smallest absolute Gasteiger partial charge is 0.144 e. The third-order valence-electron chi connectivity index (χ3n) is 3.04. The zero-order chi connectivity index (χ0) is 14.5. The van der Waals surface area contributed by atoms with Crippen molar-refractivity contribution in [2.45, 2.75) is 26.7 Å². The average molecular weight is 304 g/mol. The van der Waals surface area contributed by atoms with E-state index < -0.39 is 0 Å². The van der Waals surface area contributed by atoms with E-state index in [9.17, 15) is 0 Å². The Balaban J connectivity index is 2.48. The van der Waals surface area contributed by atoms with Gasteiger partial charge in [0, 0.05) is 12.0 Å². The van der Waals surface area contributed by atoms with Gasteiger partial charge in [0.25, 0.3) is 0 Å². The van der Waals surface area contributed by atoms with Crippen molar-refractivity contribution in [3.63, 3.8) is 0 Å². The summed E-state index contributed by atoms with van der Waals surface area (Å²) in [6.45, 7) is 4.58. The van der Waals surface area contributed by atoms with Gasteiger partial charge < -0.3 is 16.3 Å². The molecule has 4 N–H and O–H groups in total. The molecule has 0 radical (unpaired) electrons. The highest BCUT2D eigenvalue weighted by Crippen LogP contribution is 2.30. The van der Waals surface area contributed by atoms with Crippen LogP contribution in [0.25, 0.3) is 0 Å². The summed E-state index contributed by atoms with van der Waals surface area (Å²) in [6.07, 6.45) is 1.64. The third kappa shape index (κ3) is 4.48. The minimum absolute atomic E-state index is 0.239. The van der Waals surface area contributed by atoms with Gasteiger partial charge in [-0.25, -0.2) is 0 Å². The zero-order valence-electron chi connectivity index (χ0n) is 11.1. The molecular weight excluding hydrogens is 285 g/mol. The van der Waals surface area contributed by atoms with E-state index >= 15 is 0 Å². The highest BCUT2D eigenvalue weighted by Gasteiger charge is 2.22. The molecule has 1 rings (SSSR count). The molecular formula is C13H19Cl2N3O. The number of rotatable bonds is 6. The lowest BCUT2D eigenvalue weighted by atomic mass is 9.86. The van der Waals surface area contributed by atoms with Crippen molar-refractivity contribution in [3.05, 3.63) is 28.2 Å². The Kier molecular flexibility index (Phi) is 5.76. The predicted octanol–water partition coefficient (Wildman–Crippen LogP) is 3.96. The molecule has 0 bridgehead atoms. The highest BCUT2D eigenvalue weighted by molar-refractivity contribution is 6.39. The number of benzene rings is 1. The fourth-order valence-corrected chi connectivity index (χ4v) is 2.20. The zero-order valence-corrected chi connectivity index (χ0v) is 12.6. The molecule has 0 aromatic heterocycles. The van der Waals surface area contributed by atoms with Gasteiger partial charge in [-0.2, -0.15) is 0 Å². The van der Waals surface area contributed by atoms with Crippen LogP contribution in [0.3, 0.4) is 0 Å². The molecule has 0 aliphatic rings. The first-order chi connectivity index (χ1) is 8.88.